The summed E-state index contributed by atoms with van der Waals surface area (Å²) in [5.41, 5.74) is 2.72. The number of carbonyl (C=O) groups is 1. The predicted octanol–water partition coefficient (Wildman–Crippen LogP) is 4.83. The molecule has 0 radical (unpaired) electrons. The van der Waals surface area contributed by atoms with Crippen molar-refractivity contribution >= 4 is 22.9 Å². The maximum Gasteiger partial charge on any atom is 0.275 e. The molecule has 5 aromatic rings. The third-order valence-corrected chi connectivity index (χ3v) is 5.33. The number of ether oxygens (including phenoxy) is 1. The van der Waals surface area contributed by atoms with Gasteiger partial charge in [-0.1, -0.05) is 24.3 Å². The van der Waals surface area contributed by atoms with Gasteiger partial charge in [0.1, 0.15) is 16.5 Å². The summed E-state index contributed by atoms with van der Waals surface area (Å²) in [5.74, 6) is 0.603. The standard InChI is InChI=1S/C23H16N6O2S/c30-22(27-17-5-4-8-19(11-17)31-21-13-24-9-10-25-21)20-15-32-23(28-20)16-12-26-29(14-16)18-6-2-1-3-7-18/h1-15H,(H,27,30). The van der Waals surface area contributed by atoms with E-state index in [1.54, 1.807) is 52.9 Å². The SMILES string of the molecule is O=C(Nc1cccc(Oc2cnccn2)c1)c1csc(-c2cnn(-c3ccccc3)c2)n1. The summed E-state index contributed by atoms with van der Waals surface area (Å²) in [6.07, 6.45) is 8.26. The highest BCUT2D eigenvalue weighted by atomic mass is 32.1. The summed E-state index contributed by atoms with van der Waals surface area (Å²) >= 11 is 1.39. The molecule has 5 rings (SSSR count). The fourth-order valence-electron chi connectivity index (χ4n) is 2.96. The number of aromatic nitrogens is 5. The second-order valence-corrected chi connectivity index (χ2v) is 7.53. The molecule has 3 heterocycles. The Balaban J connectivity index is 1.28. The Hall–Kier alpha value is -4.37. The van der Waals surface area contributed by atoms with E-state index in [4.69, 9.17) is 4.74 Å². The van der Waals surface area contributed by atoms with E-state index < -0.39 is 0 Å². The van der Waals surface area contributed by atoms with Gasteiger partial charge in [-0.2, -0.15) is 5.10 Å². The van der Waals surface area contributed by atoms with Gasteiger partial charge in [0.2, 0.25) is 5.88 Å². The first kappa shape index (κ1) is 19.6. The van der Waals surface area contributed by atoms with Crippen molar-refractivity contribution in [1.82, 2.24) is 24.7 Å². The maximum absolute atomic E-state index is 12.7. The Morgan fingerprint density at radius 1 is 1.03 bits per heavy atom. The summed E-state index contributed by atoms with van der Waals surface area (Å²) in [6, 6.07) is 16.9. The highest BCUT2D eigenvalue weighted by Crippen LogP contribution is 2.26. The maximum atomic E-state index is 12.7. The molecular weight excluding hydrogens is 424 g/mol. The van der Waals surface area contributed by atoms with E-state index in [9.17, 15) is 4.79 Å². The van der Waals surface area contributed by atoms with Gasteiger partial charge in [0, 0.05) is 41.3 Å². The van der Waals surface area contributed by atoms with Gasteiger partial charge in [-0.25, -0.2) is 14.6 Å². The summed E-state index contributed by atoms with van der Waals surface area (Å²) < 4.78 is 7.44. The van der Waals surface area contributed by atoms with Crippen molar-refractivity contribution in [2.45, 2.75) is 0 Å². The molecule has 32 heavy (non-hydrogen) atoms. The fourth-order valence-corrected chi connectivity index (χ4v) is 3.73. The van der Waals surface area contributed by atoms with Crippen LogP contribution in [0.2, 0.25) is 0 Å². The van der Waals surface area contributed by atoms with Gasteiger partial charge >= 0.3 is 0 Å². The van der Waals surface area contributed by atoms with Crippen LogP contribution in [0.15, 0.2) is 91.0 Å². The van der Waals surface area contributed by atoms with Crippen LogP contribution < -0.4 is 10.1 Å². The lowest BCUT2D eigenvalue weighted by molar-refractivity contribution is 0.102. The number of nitrogens with zero attached hydrogens (tertiary/aromatic N) is 5. The molecule has 156 valence electrons. The van der Waals surface area contributed by atoms with Crippen molar-refractivity contribution in [2.24, 2.45) is 0 Å². The van der Waals surface area contributed by atoms with Crippen molar-refractivity contribution < 1.29 is 9.53 Å². The van der Waals surface area contributed by atoms with E-state index in [2.05, 4.69) is 25.4 Å². The highest BCUT2D eigenvalue weighted by molar-refractivity contribution is 7.13. The Labute approximate surface area is 187 Å². The molecule has 3 aromatic heterocycles. The van der Waals surface area contributed by atoms with Crippen molar-refractivity contribution in [3.05, 3.63) is 96.7 Å². The molecule has 2 aromatic carbocycles. The Bertz CT molecular complexity index is 1350. The molecule has 0 aliphatic heterocycles. The average Bonchev–Trinajstić information content (AvgIpc) is 3.51. The van der Waals surface area contributed by atoms with E-state index in [1.165, 1.54) is 17.5 Å². The van der Waals surface area contributed by atoms with Crippen LogP contribution in [-0.4, -0.2) is 30.6 Å². The lowest BCUT2D eigenvalue weighted by Crippen LogP contribution is -2.12. The van der Waals surface area contributed by atoms with E-state index >= 15 is 0 Å². The van der Waals surface area contributed by atoms with Gasteiger partial charge in [0.05, 0.1) is 18.1 Å². The predicted molar refractivity (Wildman–Crippen MR) is 121 cm³/mol. The fraction of sp³-hybridized carbons (Fsp3) is 0. The van der Waals surface area contributed by atoms with Gasteiger partial charge in [0.15, 0.2) is 0 Å². The minimum atomic E-state index is -0.306. The van der Waals surface area contributed by atoms with Gasteiger partial charge in [-0.3, -0.25) is 9.78 Å². The monoisotopic (exact) mass is 440 g/mol. The van der Waals surface area contributed by atoms with Crippen molar-refractivity contribution in [2.75, 3.05) is 5.32 Å². The van der Waals surface area contributed by atoms with Gasteiger partial charge in [0.25, 0.3) is 5.91 Å². The second-order valence-electron chi connectivity index (χ2n) is 6.67. The lowest BCUT2D eigenvalue weighted by Gasteiger charge is -2.07. The van der Waals surface area contributed by atoms with E-state index in [0.717, 1.165) is 16.3 Å². The number of hydrogen-bond donors (Lipinski definition) is 1. The topological polar surface area (TPSA) is 94.8 Å². The number of benzene rings is 2. The Morgan fingerprint density at radius 3 is 2.78 bits per heavy atom. The largest absolute Gasteiger partial charge is 0.437 e. The van der Waals surface area contributed by atoms with E-state index in [1.807, 2.05) is 36.5 Å². The minimum Gasteiger partial charge on any atom is -0.437 e. The molecule has 0 bridgehead atoms. The number of para-hydroxylation sites is 1. The third kappa shape index (κ3) is 4.37. The smallest absolute Gasteiger partial charge is 0.275 e. The van der Waals surface area contributed by atoms with Crippen molar-refractivity contribution in [1.29, 1.82) is 0 Å². The summed E-state index contributed by atoms with van der Waals surface area (Å²) in [5, 5.41) is 9.68. The molecule has 0 atom stereocenters. The molecule has 0 unspecified atom stereocenters. The highest BCUT2D eigenvalue weighted by Gasteiger charge is 2.14. The number of rotatable bonds is 6. The quantitative estimate of drug-likeness (QED) is 0.406. The van der Waals surface area contributed by atoms with Gasteiger partial charge < -0.3 is 10.1 Å². The lowest BCUT2D eigenvalue weighted by atomic mass is 10.3. The second kappa shape index (κ2) is 8.78. The zero-order valence-corrected chi connectivity index (χ0v) is 17.4. The van der Waals surface area contributed by atoms with Crippen LogP contribution >= 0.6 is 11.3 Å². The van der Waals surface area contributed by atoms with Crippen LogP contribution in [0.1, 0.15) is 10.5 Å². The molecule has 1 amide bonds. The molecule has 0 saturated heterocycles. The van der Waals surface area contributed by atoms with Crippen LogP contribution in [-0.2, 0) is 0 Å². The first-order valence-electron chi connectivity index (χ1n) is 9.66. The molecule has 9 heteroatoms. The number of anilines is 1. The van der Waals surface area contributed by atoms with Crippen LogP contribution in [0.25, 0.3) is 16.3 Å². The van der Waals surface area contributed by atoms with Crippen LogP contribution in [0.5, 0.6) is 11.6 Å². The van der Waals surface area contributed by atoms with Crippen molar-refractivity contribution in [3.8, 4) is 27.9 Å². The molecular formula is C23H16N6O2S. The molecule has 8 nitrogen and oxygen atoms in total. The Morgan fingerprint density at radius 2 is 1.94 bits per heavy atom. The molecule has 0 aliphatic carbocycles. The first-order valence-corrected chi connectivity index (χ1v) is 10.5. The van der Waals surface area contributed by atoms with Crippen molar-refractivity contribution in [3.63, 3.8) is 0 Å². The number of hydrogen-bond acceptors (Lipinski definition) is 7. The van der Waals surface area contributed by atoms with Gasteiger partial charge in [-0.15, -0.1) is 11.3 Å². The minimum absolute atomic E-state index is 0.306. The summed E-state index contributed by atoms with van der Waals surface area (Å²) in [7, 11) is 0. The van der Waals surface area contributed by atoms with Gasteiger partial charge in [-0.05, 0) is 24.3 Å². The number of amides is 1. The zero-order valence-electron chi connectivity index (χ0n) is 16.6. The number of carbonyl (C=O) groups excluding carboxylic acids is 1. The zero-order chi connectivity index (χ0) is 21.8. The summed E-state index contributed by atoms with van der Waals surface area (Å²) in [4.78, 5) is 25.2. The third-order valence-electron chi connectivity index (χ3n) is 4.44. The van der Waals surface area contributed by atoms with Crippen LogP contribution in [0, 0.1) is 0 Å². The molecule has 1 N–H and O–H groups in total. The summed E-state index contributed by atoms with van der Waals surface area (Å²) in [6.45, 7) is 0. The van der Waals surface area contributed by atoms with E-state index in [-0.39, 0.29) is 5.91 Å². The normalized spacial score (nSPS) is 10.6. The van der Waals surface area contributed by atoms with Crippen LogP contribution in [0.4, 0.5) is 5.69 Å². The Kier molecular flexibility index (Phi) is 5.38. The molecule has 0 spiro atoms. The first-order chi connectivity index (χ1) is 15.7. The average molecular weight is 440 g/mol. The molecule has 0 fully saturated rings. The molecule has 0 aliphatic rings. The number of nitrogens with one attached hydrogen (secondary N) is 1. The number of thiazole rings is 1. The molecule has 0 saturated carbocycles. The van der Waals surface area contributed by atoms with E-state index in [0.29, 0.717) is 23.0 Å². The van der Waals surface area contributed by atoms with Crippen LogP contribution in [0.3, 0.4) is 0 Å².